The van der Waals surface area contributed by atoms with E-state index in [1.807, 2.05) is 48.5 Å². The molecule has 1 atom stereocenters. The lowest BCUT2D eigenvalue weighted by Gasteiger charge is -2.17. The third-order valence-electron chi connectivity index (χ3n) is 5.49. The molecule has 0 radical (unpaired) electrons. The van der Waals surface area contributed by atoms with Gasteiger partial charge in [0.1, 0.15) is 5.82 Å². The summed E-state index contributed by atoms with van der Waals surface area (Å²) in [6, 6.07) is 15.9. The molecule has 1 aromatic carbocycles. The second-order valence-electron chi connectivity index (χ2n) is 7.53. The Morgan fingerprint density at radius 3 is 2.69 bits per heavy atom. The average Bonchev–Trinajstić information content (AvgIpc) is 3.23. The van der Waals surface area contributed by atoms with Crippen molar-refractivity contribution in [2.24, 2.45) is 0 Å². The highest BCUT2D eigenvalue weighted by atomic mass is 16.1. The van der Waals surface area contributed by atoms with E-state index in [1.165, 1.54) is 17.7 Å². The van der Waals surface area contributed by atoms with Gasteiger partial charge in [-0.1, -0.05) is 36.4 Å². The van der Waals surface area contributed by atoms with Crippen molar-refractivity contribution in [1.29, 1.82) is 0 Å². The van der Waals surface area contributed by atoms with Crippen LogP contribution in [-0.4, -0.2) is 27.4 Å². The summed E-state index contributed by atoms with van der Waals surface area (Å²) in [5, 5.41) is 3.04. The van der Waals surface area contributed by atoms with E-state index in [4.69, 9.17) is 4.98 Å². The molecule has 3 aromatic rings. The fourth-order valence-electron chi connectivity index (χ4n) is 4.03. The van der Waals surface area contributed by atoms with Gasteiger partial charge in [-0.2, -0.15) is 0 Å². The fourth-order valence-corrected chi connectivity index (χ4v) is 4.03. The maximum absolute atomic E-state index is 12.7. The molecule has 0 saturated carbocycles. The van der Waals surface area contributed by atoms with Crippen molar-refractivity contribution in [3.63, 3.8) is 0 Å². The Morgan fingerprint density at radius 1 is 1.07 bits per heavy atom. The molecular weight excluding hydrogens is 360 g/mol. The molecule has 5 heteroatoms. The standard InChI is InChI=1S/C24H26N4O/c1-17-19-10-7-12-22(19)28-23(27-17)13-15-26-24(29)16-20(18-8-3-2-4-9-18)21-11-5-6-14-25-21/h2-6,8-9,11,14,20H,7,10,12-13,15-16H2,1H3,(H,26,29). The number of pyridine rings is 1. The minimum atomic E-state index is -0.0594. The van der Waals surface area contributed by atoms with Gasteiger partial charge in [-0.3, -0.25) is 9.78 Å². The SMILES string of the molecule is Cc1nc(CCNC(=O)CC(c2ccccc2)c2ccccn2)nc2c1CCC2. The van der Waals surface area contributed by atoms with Gasteiger partial charge in [-0.15, -0.1) is 0 Å². The molecule has 1 aliphatic rings. The molecule has 0 bridgehead atoms. The van der Waals surface area contributed by atoms with E-state index >= 15 is 0 Å². The number of nitrogens with one attached hydrogen (secondary N) is 1. The first-order valence-corrected chi connectivity index (χ1v) is 10.3. The minimum Gasteiger partial charge on any atom is -0.356 e. The maximum atomic E-state index is 12.7. The summed E-state index contributed by atoms with van der Waals surface area (Å²) in [6.45, 7) is 2.60. The first kappa shape index (κ1) is 19.2. The van der Waals surface area contributed by atoms with Gasteiger partial charge in [0.2, 0.25) is 5.91 Å². The van der Waals surface area contributed by atoms with Crippen molar-refractivity contribution in [3.05, 3.63) is 88.8 Å². The van der Waals surface area contributed by atoms with Crippen LogP contribution in [0.3, 0.4) is 0 Å². The number of carbonyl (C=O) groups excluding carboxylic acids is 1. The Hall–Kier alpha value is -3.08. The van der Waals surface area contributed by atoms with Crippen LogP contribution in [-0.2, 0) is 24.1 Å². The highest BCUT2D eigenvalue weighted by Gasteiger charge is 2.20. The number of rotatable bonds is 7. The number of aromatic nitrogens is 3. The van der Waals surface area contributed by atoms with Crippen LogP contribution in [0, 0.1) is 6.92 Å². The smallest absolute Gasteiger partial charge is 0.221 e. The predicted molar refractivity (Wildman–Crippen MR) is 113 cm³/mol. The molecule has 1 unspecified atom stereocenters. The third kappa shape index (κ3) is 4.67. The Morgan fingerprint density at radius 2 is 1.90 bits per heavy atom. The lowest BCUT2D eigenvalue weighted by molar-refractivity contribution is -0.121. The van der Waals surface area contributed by atoms with Gasteiger partial charge in [0.25, 0.3) is 0 Å². The molecule has 0 saturated heterocycles. The van der Waals surface area contributed by atoms with Gasteiger partial charge < -0.3 is 5.32 Å². The van der Waals surface area contributed by atoms with Crippen LogP contribution in [0.15, 0.2) is 54.7 Å². The second-order valence-corrected chi connectivity index (χ2v) is 7.53. The van der Waals surface area contributed by atoms with E-state index in [1.54, 1.807) is 6.20 Å². The number of aryl methyl sites for hydroxylation is 2. The maximum Gasteiger partial charge on any atom is 0.221 e. The van der Waals surface area contributed by atoms with Crippen molar-refractivity contribution in [3.8, 4) is 0 Å². The quantitative estimate of drug-likeness (QED) is 0.674. The molecule has 4 rings (SSSR count). The van der Waals surface area contributed by atoms with E-state index in [0.717, 1.165) is 35.6 Å². The number of fused-ring (bicyclic) bond motifs is 1. The molecule has 1 N–H and O–H groups in total. The first-order valence-electron chi connectivity index (χ1n) is 10.3. The van der Waals surface area contributed by atoms with Gasteiger partial charge in [0.05, 0.1) is 0 Å². The molecule has 0 fully saturated rings. The van der Waals surface area contributed by atoms with E-state index in [2.05, 4.69) is 22.2 Å². The van der Waals surface area contributed by atoms with Crippen LogP contribution in [0.25, 0.3) is 0 Å². The molecule has 2 aromatic heterocycles. The number of carbonyl (C=O) groups is 1. The summed E-state index contributed by atoms with van der Waals surface area (Å²) >= 11 is 0. The lowest BCUT2D eigenvalue weighted by atomic mass is 9.91. The zero-order chi connectivity index (χ0) is 20.1. The van der Waals surface area contributed by atoms with Crippen molar-refractivity contribution in [2.75, 3.05) is 6.54 Å². The highest BCUT2D eigenvalue weighted by Crippen LogP contribution is 2.26. The lowest BCUT2D eigenvalue weighted by Crippen LogP contribution is -2.28. The number of nitrogens with zero attached hydrogens (tertiary/aromatic N) is 3. The van der Waals surface area contributed by atoms with Crippen molar-refractivity contribution in [1.82, 2.24) is 20.3 Å². The summed E-state index contributed by atoms with van der Waals surface area (Å²) in [6.07, 6.45) is 6.09. The number of hydrogen-bond donors (Lipinski definition) is 1. The van der Waals surface area contributed by atoms with Gasteiger partial charge in [-0.25, -0.2) is 9.97 Å². The topological polar surface area (TPSA) is 67.8 Å². The predicted octanol–water partition coefficient (Wildman–Crippen LogP) is 3.55. The van der Waals surface area contributed by atoms with Gasteiger partial charge in [-0.05, 0) is 49.4 Å². The highest BCUT2D eigenvalue weighted by molar-refractivity contribution is 5.77. The normalized spacial score (nSPS) is 13.7. The van der Waals surface area contributed by atoms with Gasteiger partial charge >= 0.3 is 0 Å². The van der Waals surface area contributed by atoms with E-state index in [-0.39, 0.29) is 11.8 Å². The molecule has 1 aliphatic carbocycles. The molecule has 0 spiro atoms. The minimum absolute atomic E-state index is 0.0161. The van der Waals surface area contributed by atoms with Crippen LogP contribution in [0.2, 0.25) is 0 Å². The van der Waals surface area contributed by atoms with Crippen LogP contribution < -0.4 is 5.32 Å². The Kier molecular flexibility index (Phi) is 5.94. The van der Waals surface area contributed by atoms with Crippen LogP contribution in [0.1, 0.15) is 52.8 Å². The van der Waals surface area contributed by atoms with Crippen molar-refractivity contribution < 1.29 is 4.79 Å². The Bertz CT molecular complexity index is 933. The molecular formula is C24H26N4O. The summed E-state index contributed by atoms with van der Waals surface area (Å²) in [7, 11) is 0. The van der Waals surface area contributed by atoms with E-state index in [9.17, 15) is 4.79 Å². The summed E-state index contributed by atoms with van der Waals surface area (Å²) in [4.78, 5) is 26.5. The third-order valence-corrected chi connectivity index (χ3v) is 5.49. The van der Waals surface area contributed by atoms with Crippen molar-refractivity contribution in [2.45, 2.75) is 44.9 Å². The molecule has 0 aliphatic heterocycles. The largest absolute Gasteiger partial charge is 0.356 e. The fraction of sp³-hybridized carbons (Fsp3) is 0.333. The summed E-state index contributed by atoms with van der Waals surface area (Å²) in [5.74, 6) is 0.783. The van der Waals surface area contributed by atoms with Crippen LogP contribution in [0.5, 0.6) is 0 Å². The first-order chi connectivity index (χ1) is 14.2. The monoisotopic (exact) mass is 386 g/mol. The molecule has 2 heterocycles. The summed E-state index contributed by atoms with van der Waals surface area (Å²) < 4.78 is 0. The average molecular weight is 386 g/mol. The number of hydrogen-bond acceptors (Lipinski definition) is 4. The molecule has 148 valence electrons. The number of benzene rings is 1. The second kappa shape index (κ2) is 8.95. The van der Waals surface area contributed by atoms with Crippen LogP contribution in [0.4, 0.5) is 0 Å². The molecule has 29 heavy (non-hydrogen) atoms. The Balaban J connectivity index is 1.38. The van der Waals surface area contributed by atoms with Crippen LogP contribution >= 0.6 is 0 Å². The zero-order valence-electron chi connectivity index (χ0n) is 16.8. The van der Waals surface area contributed by atoms with Crippen molar-refractivity contribution >= 4 is 5.91 Å². The summed E-state index contributed by atoms with van der Waals surface area (Å²) in [5.41, 5.74) is 5.61. The van der Waals surface area contributed by atoms with E-state index in [0.29, 0.717) is 19.4 Å². The zero-order valence-corrected chi connectivity index (χ0v) is 16.8. The van der Waals surface area contributed by atoms with Gasteiger partial charge in [0.15, 0.2) is 0 Å². The number of amides is 1. The molecule has 1 amide bonds. The van der Waals surface area contributed by atoms with E-state index < -0.39 is 0 Å². The molecule has 5 nitrogen and oxygen atoms in total. The Labute approximate surface area is 171 Å². The van der Waals surface area contributed by atoms with Gasteiger partial charge in [0, 0.05) is 48.6 Å².